The molecule has 7 heteroatoms. The molecule has 1 amide bonds. The Labute approximate surface area is 151 Å². The minimum absolute atomic E-state index is 0.149. The highest BCUT2D eigenvalue weighted by Crippen LogP contribution is 2.21. The van der Waals surface area contributed by atoms with Gasteiger partial charge in [0.2, 0.25) is 0 Å². The zero-order chi connectivity index (χ0) is 18.4. The van der Waals surface area contributed by atoms with Gasteiger partial charge in [0.15, 0.2) is 0 Å². The van der Waals surface area contributed by atoms with Crippen molar-refractivity contribution in [3.63, 3.8) is 0 Å². The predicted octanol–water partition coefficient (Wildman–Crippen LogP) is 3.41. The van der Waals surface area contributed by atoms with Crippen LogP contribution in [0.4, 0.5) is 0 Å². The van der Waals surface area contributed by atoms with E-state index in [-0.39, 0.29) is 12.5 Å². The molecule has 25 heavy (non-hydrogen) atoms. The van der Waals surface area contributed by atoms with Gasteiger partial charge in [-0.25, -0.2) is 0 Å². The Morgan fingerprint density at radius 3 is 2.80 bits per heavy atom. The van der Waals surface area contributed by atoms with Crippen LogP contribution in [0.25, 0.3) is 10.9 Å². The number of aromatic nitrogens is 1. The number of nitrogens with one attached hydrogen (secondary N) is 1. The molecule has 2 N–H and O–H groups in total. The number of aliphatic carboxylic acids is 1. The predicted molar refractivity (Wildman–Crippen MR) is 97.1 cm³/mol. The van der Waals surface area contributed by atoms with E-state index >= 15 is 0 Å². The molecule has 136 valence electrons. The third-order valence-corrected chi connectivity index (χ3v) is 4.17. The van der Waals surface area contributed by atoms with E-state index in [0.717, 1.165) is 10.9 Å². The van der Waals surface area contributed by atoms with Crippen LogP contribution in [0.5, 0.6) is 0 Å². The molecule has 1 aromatic carbocycles. The second kappa shape index (κ2) is 8.87. The van der Waals surface area contributed by atoms with E-state index in [4.69, 9.17) is 21.4 Å². The maximum atomic E-state index is 12.8. The molecule has 0 saturated heterocycles. The normalized spacial score (nSPS) is 12.3. The van der Waals surface area contributed by atoms with E-state index in [1.165, 1.54) is 0 Å². The summed E-state index contributed by atoms with van der Waals surface area (Å²) in [4.78, 5) is 28.6. The summed E-state index contributed by atoms with van der Waals surface area (Å²) in [5, 5.41) is 10.6. The molecular formula is C18H23ClN2O4. The summed E-state index contributed by atoms with van der Waals surface area (Å²) in [6, 6.07) is 7.12. The van der Waals surface area contributed by atoms with Crippen molar-refractivity contribution in [2.24, 2.45) is 5.92 Å². The number of fused-ring (bicyclic) bond motifs is 1. The minimum atomic E-state index is -0.925. The Morgan fingerprint density at radius 2 is 2.12 bits per heavy atom. The van der Waals surface area contributed by atoms with Gasteiger partial charge in [-0.1, -0.05) is 24.6 Å². The van der Waals surface area contributed by atoms with Gasteiger partial charge in [0.05, 0.1) is 5.92 Å². The van der Waals surface area contributed by atoms with Crippen LogP contribution < -0.4 is 0 Å². The molecular weight excluding hydrogens is 344 g/mol. The van der Waals surface area contributed by atoms with Crippen LogP contribution in [-0.2, 0) is 9.53 Å². The van der Waals surface area contributed by atoms with Crippen molar-refractivity contribution in [3.05, 3.63) is 35.0 Å². The van der Waals surface area contributed by atoms with E-state index in [2.05, 4.69) is 4.98 Å². The molecule has 0 spiro atoms. The molecule has 1 unspecified atom stereocenters. The monoisotopic (exact) mass is 366 g/mol. The number of carbonyl (C=O) groups excluding carboxylic acids is 1. The molecule has 0 saturated carbocycles. The van der Waals surface area contributed by atoms with E-state index in [1.54, 1.807) is 30.0 Å². The molecule has 0 fully saturated rings. The summed E-state index contributed by atoms with van der Waals surface area (Å²) in [5.41, 5.74) is 1.20. The largest absolute Gasteiger partial charge is 0.481 e. The van der Waals surface area contributed by atoms with Crippen molar-refractivity contribution in [3.8, 4) is 0 Å². The second-order valence-corrected chi connectivity index (χ2v) is 6.39. The number of nitrogens with zero attached hydrogens (tertiary/aromatic N) is 1. The zero-order valence-corrected chi connectivity index (χ0v) is 15.2. The fraction of sp³-hybridized carbons (Fsp3) is 0.444. The summed E-state index contributed by atoms with van der Waals surface area (Å²) >= 11 is 5.98. The third-order valence-electron chi connectivity index (χ3n) is 3.94. The van der Waals surface area contributed by atoms with Gasteiger partial charge >= 0.3 is 5.97 Å². The van der Waals surface area contributed by atoms with Gasteiger partial charge in [-0.2, -0.15) is 0 Å². The Morgan fingerprint density at radius 1 is 1.36 bits per heavy atom. The summed E-state index contributed by atoms with van der Waals surface area (Å²) in [7, 11) is 0. The van der Waals surface area contributed by atoms with Crippen LogP contribution in [0.15, 0.2) is 24.3 Å². The zero-order valence-electron chi connectivity index (χ0n) is 14.4. The van der Waals surface area contributed by atoms with Crippen molar-refractivity contribution in [1.29, 1.82) is 0 Å². The van der Waals surface area contributed by atoms with Crippen LogP contribution in [0, 0.1) is 5.92 Å². The number of benzene rings is 1. The maximum Gasteiger partial charge on any atom is 0.308 e. The van der Waals surface area contributed by atoms with Crippen LogP contribution in [0.2, 0.25) is 5.02 Å². The molecule has 1 heterocycles. The molecule has 2 aromatic rings. The van der Waals surface area contributed by atoms with Crippen LogP contribution >= 0.6 is 11.6 Å². The van der Waals surface area contributed by atoms with Crippen LogP contribution in [0.1, 0.15) is 30.8 Å². The van der Waals surface area contributed by atoms with Crippen molar-refractivity contribution in [2.45, 2.75) is 20.3 Å². The summed E-state index contributed by atoms with van der Waals surface area (Å²) in [6.45, 7) is 5.23. The number of carbonyl (C=O) groups is 2. The van der Waals surface area contributed by atoms with Gasteiger partial charge in [-0.15, -0.1) is 0 Å². The molecule has 0 aliphatic heterocycles. The number of ether oxygens (including phenoxy) is 1. The van der Waals surface area contributed by atoms with Gasteiger partial charge in [0.25, 0.3) is 5.91 Å². The molecule has 1 atom stereocenters. The van der Waals surface area contributed by atoms with Crippen molar-refractivity contribution < 1.29 is 19.4 Å². The highest BCUT2D eigenvalue weighted by Gasteiger charge is 2.22. The average Bonchev–Trinajstić information content (AvgIpc) is 2.99. The van der Waals surface area contributed by atoms with Gasteiger partial charge in [-0.3, -0.25) is 9.59 Å². The molecule has 0 radical (unpaired) electrons. The Balaban J connectivity index is 2.17. The number of halogens is 1. The number of aromatic amines is 1. The van der Waals surface area contributed by atoms with Crippen molar-refractivity contribution in [2.75, 3.05) is 26.3 Å². The lowest BCUT2D eigenvalue weighted by atomic mass is 10.1. The first-order valence-corrected chi connectivity index (χ1v) is 8.68. The number of hydrogen-bond acceptors (Lipinski definition) is 3. The van der Waals surface area contributed by atoms with Gasteiger partial charge in [0, 0.05) is 42.2 Å². The second-order valence-electron chi connectivity index (χ2n) is 5.96. The number of rotatable bonds is 9. The van der Waals surface area contributed by atoms with Gasteiger partial charge in [0.1, 0.15) is 5.69 Å². The number of hydrogen-bond donors (Lipinski definition) is 2. The Bertz CT molecular complexity index is 744. The van der Waals surface area contributed by atoms with Gasteiger partial charge < -0.3 is 19.7 Å². The fourth-order valence-corrected chi connectivity index (χ4v) is 2.74. The first-order chi connectivity index (χ1) is 11.9. The fourth-order valence-electron chi connectivity index (χ4n) is 2.57. The Kier molecular flexibility index (Phi) is 6.84. The number of H-pyrrole nitrogens is 1. The highest BCUT2D eigenvalue weighted by molar-refractivity contribution is 6.31. The molecule has 1 aromatic heterocycles. The Hall–Kier alpha value is -2.05. The lowest BCUT2D eigenvalue weighted by Gasteiger charge is -2.24. The summed E-state index contributed by atoms with van der Waals surface area (Å²) < 4.78 is 5.31. The van der Waals surface area contributed by atoms with Crippen LogP contribution in [-0.4, -0.2) is 53.2 Å². The average molecular weight is 367 g/mol. The topological polar surface area (TPSA) is 82.6 Å². The maximum absolute atomic E-state index is 12.8. The van der Waals surface area contributed by atoms with E-state index < -0.39 is 11.9 Å². The number of carboxylic acids is 1. The van der Waals surface area contributed by atoms with Crippen molar-refractivity contribution >= 4 is 34.4 Å². The lowest BCUT2D eigenvalue weighted by Crippen LogP contribution is -2.38. The van der Waals surface area contributed by atoms with E-state index in [9.17, 15) is 9.59 Å². The molecule has 2 rings (SSSR count). The minimum Gasteiger partial charge on any atom is -0.481 e. The molecule has 0 aliphatic carbocycles. The van der Waals surface area contributed by atoms with Crippen molar-refractivity contribution in [1.82, 2.24) is 9.88 Å². The van der Waals surface area contributed by atoms with E-state index in [0.29, 0.717) is 36.9 Å². The molecule has 0 bridgehead atoms. The number of amides is 1. The third kappa shape index (κ3) is 5.21. The smallest absolute Gasteiger partial charge is 0.308 e. The summed E-state index contributed by atoms with van der Waals surface area (Å²) in [6.07, 6.45) is 0.651. The first-order valence-electron chi connectivity index (χ1n) is 8.30. The lowest BCUT2D eigenvalue weighted by molar-refractivity contribution is -0.141. The first kappa shape index (κ1) is 19.3. The summed E-state index contributed by atoms with van der Waals surface area (Å²) in [5.74, 6) is -1.79. The van der Waals surface area contributed by atoms with Crippen LogP contribution in [0.3, 0.4) is 0 Å². The van der Waals surface area contributed by atoms with E-state index in [1.807, 2.05) is 13.0 Å². The quantitative estimate of drug-likeness (QED) is 0.666. The number of carboxylic acid groups (broad SMARTS) is 1. The highest BCUT2D eigenvalue weighted by atomic mass is 35.5. The standard InChI is InChI=1S/C18H23ClN2O4/c1-3-25-8-4-7-21(11-12(2)18(23)24)17(22)16-9-13-5-6-14(19)10-15(13)20-16/h5-6,9-10,12,20H,3-4,7-8,11H2,1-2H3,(H,23,24). The van der Waals surface area contributed by atoms with Gasteiger partial charge in [-0.05, 0) is 31.5 Å². The molecule has 0 aliphatic rings. The molecule has 6 nitrogen and oxygen atoms in total. The SMILES string of the molecule is CCOCCCN(CC(C)C(=O)O)C(=O)c1cc2ccc(Cl)cc2[nH]1.